The molecule has 362 valence electrons. The van der Waals surface area contributed by atoms with Crippen molar-refractivity contribution in [2.45, 2.75) is 79.9 Å². The molecule has 0 amide bonds. The molecule has 2 saturated heterocycles. The summed E-state index contributed by atoms with van der Waals surface area (Å²) in [5, 5.41) is 2.71. The smallest absolute Gasteiger partial charge is 0.247 e. The van der Waals surface area contributed by atoms with E-state index in [1.165, 1.54) is 52.8 Å². The van der Waals surface area contributed by atoms with Crippen LogP contribution in [0.25, 0.3) is 0 Å². The average Bonchev–Trinajstić information content (AvgIpc) is 3.78. The summed E-state index contributed by atoms with van der Waals surface area (Å²) in [4.78, 5) is 4.77. The van der Waals surface area contributed by atoms with E-state index < -0.39 is 37.2 Å². The summed E-state index contributed by atoms with van der Waals surface area (Å²) in [5.41, 5.74) is 6.96. The van der Waals surface area contributed by atoms with E-state index in [1.54, 1.807) is 37.4 Å². The van der Waals surface area contributed by atoms with E-state index in [0.717, 1.165) is 84.2 Å². The number of hydrogen-bond acceptors (Lipinski definition) is 8. The topological polar surface area (TPSA) is 117 Å². The summed E-state index contributed by atoms with van der Waals surface area (Å²) in [6.45, 7) is 5.52. The quantitative estimate of drug-likeness (QED) is 0.0768. The second-order valence-corrected chi connectivity index (χ2v) is 23.6. The zero-order valence-corrected chi connectivity index (χ0v) is 40.2. The van der Waals surface area contributed by atoms with Gasteiger partial charge in [-0.1, -0.05) is 42.5 Å². The van der Waals surface area contributed by atoms with Gasteiger partial charge in [-0.15, -0.1) is 0 Å². The van der Waals surface area contributed by atoms with Gasteiger partial charge in [-0.3, -0.25) is 4.68 Å². The normalized spacial score (nSPS) is 22.2. The monoisotopic (exact) mass is 970 g/mol. The molecule has 4 aromatic carbocycles. The molecular weight excluding hydrogens is 910 g/mol. The lowest BCUT2D eigenvalue weighted by Crippen LogP contribution is -2.51. The molecule has 5 aromatic rings. The van der Waals surface area contributed by atoms with Crippen molar-refractivity contribution in [3.8, 4) is 5.75 Å². The van der Waals surface area contributed by atoms with Crippen molar-refractivity contribution in [2.24, 2.45) is 24.8 Å². The van der Waals surface area contributed by atoms with Crippen molar-refractivity contribution in [2.75, 3.05) is 59.0 Å². The molecule has 3 heterocycles. The lowest BCUT2D eigenvalue weighted by molar-refractivity contribution is 0.145. The van der Waals surface area contributed by atoms with Crippen molar-refractivity contribution in [1.82, 2.24) is 28.6 Å². The molecule has 1 aromatic heterocycles. The number of halogens is 3. The Kier molecular flexibility index (Phi) is 13.6. The van der Waals surface area contributed by atoms with E-state index in [2.05, 4.69) is 31.8 Å². The van der Waals surface area contributed by atoms with Gasteiger partial charge in [0.25, 0.3) is 0 Å². The van der Waals surface area contributed by atoms with Gasteiger partial charge in [0.1, 0.15) is 28.5 Å². The Hall–Kier alpha value is -4.58. The maximum Gasteiger partial charge on any atom is 0.247 e. The Morgan fingerprint density at radius 2 is 1.38 bits per heavy atom. The van der Waals surface area contributed by atoms with Crippen LogP contribution in [0.4, 0.5) is 13.2 Å². The fourth-order valence-electron chi connectivity index (χ4n) is 11.2. The molecule has 68 heavy (non-hydrogen) atoms. The minimum Gasteiger partial charge on any atom is -0.489 e. The summed E-state index contributed by atoms with van der Waals surface area (Å²) in [6.07, 6.45) is 9.18. The Bertz CT molecular complexity index is 2850. The van der Waals surface area contributed by atoms with Gasteiger partial charge in [0, 0.05) is 39.4 Å². The SMILES string of the molecule is Cn1cc(S(=O)(=O)N(CCc2ccc3c(c2)C(Cc2cccc(F)c2)C(CN2CCC2)C3)C(C2CC2)S(=O)(=O)NCCOc2cc3c(cc2F)CC(CN2CCC2)C3Cc2cccc(F)c2)cn1. The van der Waals surface area contributed by atoms with E-state index in [4.69, 9.17) is 4.74 Å². The number of nitrogens with zero attached hydrogens (tertiary/aromatic N) is 5. The largest absolute Gasteiger partial charge is 0.489 e. The van der Waals surface area contributed by atoms with E-state index in [1.807, 2.05) is 18.2 Å². The Labute approximate surface area is 398 Å². The molecule has 1 saturated carbocycles. The zero-order valence-electron chi connectivity index (χ0n) is 38.6. The number of sulfonamides is 2. The average molecular weight is 971 g/mol. The van der Waals surface area contributed by atoms with E-state index in [-0.39, 0.29) is 66.2 Å². The van der Waals surface area contributed by atoms with Gasteiger partial charge in [-0.05, 0) is 189 Å². The molecule has 0 spiro atoms. The lowest BCUT2D eigenvalue weighted by Gasteiger charge is -2.35. The van der Waals surface area contributed by atoms with Gasteiger partial charge in [-0.2, -0.15) is 9.40 Å². The van der Waals surface area contributed by atoms with Crippen molar-refractivity contribution >= 4 is 20.0 Å². The number of aryl methyl sites for hydroxylation is 1. The molecule has 1 N–H and O–H groups in total. The number of likely N-dealkylation sites (tertiary alicyclic amines) is 2. The molecular formula is C52H61F3N6O5S2. The predicted molar refractivity (Wildman–Crippen MR) is 255 cm³/mol. The number of aromatic nitrogens is 2. The standard InChI is InChI=1S/C52H61F3N6O5S2/c1-58-34-45(31-56-58)68(64,65)61(20-14-35-10-11-39-27-41(32-59-16-4-17-59)47(46(39)24-35)25-36-6-2-8-43(53)22-36)52(38-12-13-38)67(62,63)57-15-21-66-51-30-49-40(29-50(51)55)28-42(33-60-18-5-19-60)48(49)26-37-7-3-9-44(54)23-37/h2-3,6-11,22-24,29-31,34,38,41-42,47-48,52,57H,4-5,12-21,25-28,32-33H2,1H3. The highest BCUT2D eigenvalue weighted by Crippen LogP contribution is 2.45. The third kappa shape index (κ3) is 10.3. The first-order valence-corrected chi connectivity index (χ1v) is 27.3. The number of fused-ring (bicyclic) bond motifs is 2. The molecule has 3 fully saturated rings. The van der Waals surface area contributed by atoms with Crippen molar-refractivity contribution in [3.63, 3.8) is 0 Å². The van der Waals surface area contributed by atoms with Crippen molar-refractivity contribution in [3.05, 3.63) is 148 Å². The first kappa shape index (κ1) is 47.1. The minimum absolute atomic E-state index is 0.00991. The lowest BCUT2D eigenvalue weighted by atomic mass is 9.85. The summed E-state index contributed by atoms with van der Waals surface area (Å²) in [7, 11) is -7.08. The number of benzene rings is 4. The molecule has 5 unspecified atom stereocenters. The predicted octanol–water partition coefficient (Wildman–Crippen LogP) is 7.21. The highest BCUT2D eigenvalue weighted by atomic mass is 32.2. The molecule has 2 aliphatic heterocycles. The Morgan fingerprint density at radius 1 is 0.765 bits per heavy atom. The van der Waals surface area contributed by atoms with Crippen LogP contribution in [-0.4, -0.2) is 105 Å². The summed E-state index contributed by atoms with van der Waals surface area (Å²) in [6, 6.07) is 22.9. The Balaban J connectivity index is 0.857. The van der Waals surface area contributed by atoms with Crippen LogP contribution in [-0.2, 0) is 59.2 Å². The van der Waals surface area contributed by atoms with Crippen LogP contribution < -0.4 is 9.46 Å². The second kappa shape index (κ2) is 19.7. The molecule has 5 aliphatic rings. The van der Waals surface area contributed by atoms with E-state index >= 15 is 4.39 Å². The number of hydrogen-bond donors (Lipinski definition) is 1. The van der Waals surface area contributed by atoms with E-state index in [0.29, 0.717) is 38.0 Å². The van der Waals surface area contributed by atoms with Crippen LogP contribution in [0.15, 0.2) is 96.2 Å². The zero-order chi connectivity index (χ0) is 47.2. The molecule has 10 rings (SSSR count). The van der Waals surface area contributed by atoms with Crippen molar-refractivity contribution < 1.29 is 34.7 Å². The fraction of sp³-hybridized carbons (Fsp3) is 0.481. The summed E-state index contributed by atoms with van der Waals surface area (Å²) >= 11 is 0. The van der Waals surface area contributed by atoms with Crippen LogP contribution in [0, 0.1) is 35.2 Å². The van der Waals surface area contributed by atoms with Crippen LogP contribution in [0.5, 0.6) is 5.75 Å². The van der Waals surface area contributed by atoms with Crippen LogP contribution in [0.1, 0.15) is 76.5 Å². The van der Waals surface area contributed by atoms with Gasteiger partial charge in [-0.25, -0.2) is 34.7 Å². The Morgan fingerprint density at radius 3 is 1.94 bits per heavy atom. The second-order valence-electron chi connectivity index (χ2n) is 19.9. The van der Waals surface area contributed by atoms with Crippen LogP contribution in [0.2, 0.25) is 0 Å². The van der Waals surface area contributed by atoms with Crippen LogP contribution >= 0.6 is 0 Å². The highest BCUT2D eigenvalue weighted by Gasteiger charge is 2.49. The van der Waals surface area contributed by atoms with Gasteiger partial charge >= 0.3 is 0 Å². The number of nitrogens with one attached hydrogen (secondary N) is 1. The fourth-order valence-corrected chi connectivity index (χ4v) is 15.2. The van der Waals surface area contributed by atoms with Gasteiger partial charge < -0.3 is 14.5 Å². The van der Waals surface area contributed by atoms with Gasteiger partial charge in [0.15, 0.2) is 11.6 Å². The molecule has 0 bridgehead atoms. The number of ether oxygens (including phenoxy) is 1. The highest BCUT2D eigenvalue weighted by molar-refractivity contribution is 7.93. The maximum atomic E-state index is 15.7. The first-order chi connectivity index (χ1) is 32.8. The van der Waals surface area contributed by atoms with Gasteiger partial charge in [0.2, 0.25) is 20.0 Å². The molecule has 0 radical (unpaired) electrons. The maximum absolute atomic E-state index is 15.7. The molecule has 16 heteroatoms. The number of rotatable bonds is 21. The third-order valence-electron chi connectivity index (χ3n) is 15.1. The molecule has 5 atom stereocenters. The van der Waals surface area contributed by atoms with Crippen LogP contribution in [0.3, 0.4) is 0 Å². The minimum atomic E-state index is -4.36. The first-order valence-electron chi connectivity index (χ1n) is 24.3. The third-order valence-corrected chi connectivity index (χ3v) is 18.9. The van der Waals surface area contributed by atoms with Gasteiger partial charge in [0.05, 0.1) is 6.20 Å². The molecule has 3 aliphatic carbocycles. The summed E-state index contributed by atoms with van der Waals surface area (Å²) < 4.78 is 114. The van der Waals surface area contributed by atoms with E-state index in [9.17, 15) is 25.6 Å². The summed E-state index contributed by atoms with van der Waals surface area (Å²) in [5.74, 6) is -0.798. The van der Waals surface area contributed by atoms with Crippen molar-refractivity contribution in [1.29, 1.82) is 0 Å². The molecule has 11 nitrogen and oxygen atoms in total.